The first-order valence-electron chi connectivity index (χ1n) is 13.4. The van der Waals surface area contributed by atoms with E-state index < -0.39 is 24.0 Å². The molecule has 0 saturated heterocycles. The molecule has 0 fully saturated rings. The van der Waals surface area contributed by atoms with Crippen LogP contribution >= 0.6 is 21.6 Å². The van der Waals surface area contributed by atoms with Crippen LogP contribution in [0.5, 0.6) is 0 Å². The maximum Gasteiger partial charge on any atom is 0.328 e. The maximum atomic E-state index is 13.0. The van der Waals surface area contributed by atoms with Gasteiger partial charge < -0.3 is 24.4 Å². The number of carbonyl (C=O) groups is 5. The topological polar surface area (TPSA) is 156 Å². The molecule has 0 unspecified atom stereocenters. The number of carbonyl (C=O) groups excluding carboxylic acids is 4. The minimum absolute atomic E-state index is 0.250. The van der Waals surface area contributed by atoms with Crippen molar-refractivity contribution in [2.75, 3.05) is 28.3 Å². The highest BCUT2D eigenvalue weighted by molar-refractivity contribution is 8.76. The Morgan fingerprint density at radius 2 is 1.11 bits per heavy atom. The van der Waals surface area contributed by atoms with Gasteiger partial charge in [0.25, 0.3) is 18.3 Å². The zero-order chi connectivity index (χ0) is 33.3. The van der Waals surface area contributed by atoms with E-state index in [9.17, 15) is 19.2 Å². The second-order valence-electron chi connectivity index (χ2n) is 9.61. The second kappa shape index (κ2) is 15.9. The van der Waals surface area contributed by atoms with Crippen LogP contribution in [0.1, 0.15) is 34.6 Å². The summed E-state index contributed by atoms with van der Waals surface area (Å²) >= 11 is 0. The van der Waals surface area contributed by atoms with Gasteiger partial charge in [0.05, 0.1) is 36.4 Å². The summed E-state index contributed by atoms with van der Waals surface area (Å²) < 4.78 is 9.50. The Kier molecular flexibility index (Phi) is 12.3. The van der Waals surface area contributed by atoms with E-state index in [0.29, 0.717) is 11.1 Å². The van der Waals surface area contributed by atoms with Crippen molar-refractivity contribution in [3.63, 3.8) is 0 Å². The van der Waals surface area contributed by atoms with Crippen LogP contribution in [0.2, 0.25) is 0 Å². The number of rotatable bonds is 9. The standard InChI is InChI=1S/C30H30N4O6S2.CH2O2/c1-17(29(37)39-5)33(3)27(35)21-13-19-9-7-11-23(25(19)31-15-21)41-42-24-12-8-10-20-14-22(16-32-26(20)24)28(36)34(4)18(2)30(38)40-6;2-1-3/h7-18H,1-6H3;1H,(H,2,3)/t17-,18-;/m0./s1. The lowest BCUT2D eigenvalue weighted by atomic mass is 10.1. The molecule has 0 saturated carbocycles. The van der Waals surface area contributed by atoms with Crippen molar-refractivity contribution >= 4 is 73.6 Å². The number of esters is 2. The van der Waals surface area contributed by atoms with Crippen molar-refractivity contribution in [3.05, 3.63) is 72.1 Å². The number of fused-ring (bicyclic) bond motifs is 2. The summed E-state index contributed by atoms with van der Waals surface area (Å²) in [6.45, 7) is 2.96. The molecule has 45 heavy (non-hydrogen) atoms. The van der Waals surface area contributed by atoms with Gasteiger partial charge in [-0.05, 0) is 38.1 Å². The number of hydrogen-bond donors (Lipinski definition) is 1. The lowest BCUT2D eigenvalue weighted by molar-refractivity contribution is -0.145. The van der Waals surface area contributed by atoms with Gasteiger partial charge in [0.15, 0.2) is 0 Å². The minimum Gasteiger partial charge on any atom is -0.483 e. The quantitative estimate of drug-likeness (QED) is 0.153. The third-order valence-corrected chi connectivity index (χ3v) is 9.38. The summed E-state index contributed by atoms with van der Waals surface area (Å²) in [5, 5.41) is 8.46. The lowest BCUT2D eigenvalue weighted by Gasteiger charge is -2.22. The Hall–Kier alpha value is -4.69. The van der Waals surface area contributed by atoms with Gasteiger partial charge in [-0.25, -0.2) is 9.59 Å². The number of carboxylic acid groups (broad SMARTS) is 1. The van der Waals surface area contributed by atoms with Gasteiger partial charge in [-0.2, -0.15) is 0 Å². The SMILES string of the molecule is COC(=O)[C@H](C)N(C)C(=O)c1cnc2c(SSc3cccc4cc(C(=O)N(C)[C@@H](C)C(=O)OC)cnc34)cccc2c1.O=CO. The largest absolute Gasteiger partial charge is 0.483 e. The molecule has 2 aromatic carbocycles. The molecule has 2 heterocycles. The number of pyridine rings is 2. The zero-order valence-corrected chi connectivity index (χ0v) is 27.0. The summed E-state index contributed by atoms with van der Waals surface area (Å²) in [4.78, 5) is 71.6. The van der Waals surface area contributed by atoms with E-state index >= 15 is 0 Å². The van der Waals surface area contributed by atoms with Crippen LogP contribution < -0.4 is 0 Å². The first-order chi connectivity index (χ1) is 21.5. The molecular formula is C31H32N4O8S2. The molecule has 4 aromatic rings. The van der Waals surface area contributed by atoms with Crippen molar-refractivity contribution in [1.29, 1.82) is 0 Å². The lowest BCUT2D eigenvalue weighted by Crippen LogP contribution is -2.40. The number of amides is 2. The van der Waals surface area contributed by atoms with E-state index in [4.69, 9.17) is 19.4 Å². The van der Waals surface area contributed by atoms with E-state index in [-0.39, 0.29) is 18.3 Å². The summed E-state index contributed by atoms with van der Waals surface area (Å²) in [6, 6.07) is 13.5. The summed E-state index contributed by atoms with van der Waals surface area (Å²) in [7, 11) is 8.68. The molecule has 0 radical (unpaired) electrons. The molecule has 236 valence electrons. The Bertz CT molecular complexity index is 1610. The van der Waals surface area contributed by atoms with Crippen molar-refractivity contribution in [3.8, 4) is 0 Å². The number of para-hydroxylation sites is 2. The molecule has 0 aliphatic rings. The van der Waals surface area contributed by atoms with E-state index in [1.54, 1.807) is 40.1 Å². The van der Waals surface area contributed by atoms with Gasteiger partial charge in [0.1, 0.15) is 12.1 Å². The highest BCUT2D eigenvalue weighted by Crippen LogP contribution is 2.42. The minimum atomic E-state index is -0.732. The molecule has 4 rings (SSSR count). The van der Waals surface area contributed by atoms with Crippen LogP contribution in [-0.2, 0) is 23.9 Å². The zero-order valence-electron chi connectivity index (χ0n) is 25.4. The summed E-state index contributed by atoms with van der Waals surface area (Å²) in [5.74, 6) is -1.66. The molecule has 2 atom stereocenters. The fourth-order valence-electron chi connectivity index (χ4n) is 4.14. The molecule has 2 amide bonds. The van der Waals surface area contributed by atoms with Crippen LogP contribution in [0.25, 0.3) is 21.8 Å². The molecule has 2 aromatic heterocycles. The molecule has 0 aliphatic heterocycles. The smallest absolute Gasteiger partial charge is 0.328 e. The van der Waals surface area contributed by atoms with Gasteiger partial charge in [-0.1, -0.05) is 45.9 Å². The molecule has 0 bridgehead atoms. The van der Waals surface area contributed by atoms with Gasteiger partial charge in [-0.15, -0.1) is 0 Å². The molecule has 12 nitrogen and oxygen atoms in total. The second-order valence-corrected chi connectivity index (χ2v) is 11.8. The molecule has 1 N–H and O–H groups in total. The van der Waals surface area contributed by atoms with Crippen molar-refractivity contribution in [2.45, 2.75) is 35.7 Å². The van der Waals surface area contributed by atoms with Crippen LogP contribution in [-0.4, -0.2) is 95.5 Å². The van der Waals surface area contributed by atoms with Crippen LogP contribution in [0, 0.1) is 0 Å². The van der Waals surface area contributed by atoms with Crippen LogP contribution in [0.3, 0.4) is 0 Å². The molecule has 14 heteroatoms. The Labute approximate surface area is 267 Å². The average molecular weight is 653 g/mol. The molecule has 0 aliphatic carbocycles. The molecule has 0 spiro atoms. The highest BCUT2D eigenvalue weighted by Gasteiger charge is 2.26. The van der Waals surface area contributed by atoms with Gasteiger partial charge in [0, 0.05) is 47.1 Å². The van der Waals surface area contributed by atoms with Gasteiger partial charge >= 0.3 is 11.9 Å². The van der Waals surface area contributed by atoms with E-state index in [0.717, 1.165) is 31.6 Å². The third-order valence-electron chi connectivity index (χ3n) is 6.95. The number of likely N-dealkylation sites (N-methyl/N-ethyl adjacent to an activating group) is 2. The number of benzene rings is 2. The fraction of sp³-hybridized carbons (Fsp3) is 0.258. The van der Waals surface area contributed by atoms with Crippen LogP contribution in [0.15, 0.2) is 70.7 Å². The monoisotopic (exact) mass is 652 g/mol. The first kappa shape index (κ1) is 34.8. The number of aromatic nitrogens is 2. The fourth-order valence-corrected chi connectivity index (χ4v) is 6.43. The van der Waals surface area contributed by atoms with Crippen LogP contribution in [0.4, 0.5) is 0 Å². The van der Waals surface area contributed by atoms with Crippen molar-refractivity contribution in [1.82, 2.24) is 19.8 Å². The third kappa shape index (κ3) is 8.08. The number of ether oxygens (including phenoxy) is 2. The molecular weight excluding hydrogens is 620 g/mol. The highest BCUT2D eigenvalue weighted by atomic mass is 33.1. The number of hydrogen-bond acceptors (Lipinski definition) is 11. The predicted octanol–water partition coefficient (Wildman–Crippen LogP) is 4.55. The maximum absolute atomic E-state index is 13.0. The normalized spacial score (nSPS) is 11.9. The Morgan fingerprint density at radius 1 is 0.756 bits per heavy atom. The first-order valence-corrected chi connectivity index (χ1v) is 15.5. The number of methoxy groups -OCH3 is 2. The summed E-state index contributed by atoms with van der Waals surface area (Å²) in [6.07, 6.45) is 3.02. The Balaban J connectivity index is 0.00000177. The number of nitrogens with zero attached hydrogens (tertiary/aromatic N) is 4. The average Bonchev–Trinajstić information content (AvgIpc) is 3.07. The van der Waals surface area contributed by atoms with Crippen molar-refractivity contribution in [2.24, 2.45) is 0 Å². The van der Waals surface area contributed by atoms with Gasteiger partial charge in [-0.3, -0.25) is 24.4 Å². The van der Waals surface area contributed by atoms with E-state index in [2.05, 4.69) is 9.97 Å². The van der Waals surface area contributed by atoms with E-state index in [1.807, 2.05) is 36.4 Å². The van der Waals surface area contributed by atoms with Crippen molar-refractivity contribution < 1.29 is 38.6 Å². The van der Waals surface area contributed by atoms with E-state index in [1.165, 1.54) is 58.0 Å². The predicted molar refractivity (Wildman–Crippen MR) is 171 cm³/mol. The summed E-state index contributed by atoms with van der Waals surface area (Å²) in [5.41, 5.74) is 2.20. The van der Waals surface area contributed by atoms with Gasteiger partial charge in [0.2, 0.25) is 0 Å². The Morgan fingerprint density at radius 3 is 1.44 bits per heavy atom.